The molecule has 0 unspecified atom stereocenters. The molecule has 0 aromatic heterocycles. The summed E-state index contributed by atoms with van der Waals surface area (Å²) in [5.74, 6) is 0.793. The largest absolute Gasteiger partial charge is 1.00 e. The Morgan fingerprint density at radius 2 is 1.37 bits per heavy atom. The third-order valence-corrected chi connectivity index (χ3v) is 3.76. The molecule has 1 fully saturated rings. The van der Waals surface area contributed by atoms with Gasteiger partial charge in [-0.1, -0.05) is 72.6 Å². The van der Waals surface area contributed by atoms with Crippen LogP contribution in [0.2, 0.25) is 0 Å². The molecule has 1 aliphatic carbocycles. The van der Waals surface area contributed by atoms with Gasteiger partial charge in [0.05, 0.1) is 10.1 Å². The molecule has 0 bridgehead atoms. The van der Waals surface area contributed by atoms with Gasteiger partial charge in [0.2, 0.25) is 0 Å². The Labute approximate surface area is 143 Å². The molecule has 0 aromatic rings. The van der Waals surface area contributed by atoms with Crippen molar-refractivity contribution in [3.05, 3.63) is 0 Å². The van der Waals surface area contributed by atoms with Gasteiger partial charge in [0.1, 0.15) is 0 Å². The second-order valence-corrected chi connectivity index (χ2v) is 6.53. The third kappa shape index (κ3) is 27.9. The van der Waals surface area contributed by atoms with E-state index in [1.165, 1.54) is 44.9 Å². The molecule has 3 nitrogen and oxygen atoms in total. The minimum Gasteiger partial charge on any atom is -0.748 e. The van der Waals surface area contributed by atoms with Crippen molar-refractivity contribution >= 4 is 10.1 Å². The van der Waals surface area contributed by atoms with Crippen LogP contribution in [0, 0.1) is 5.92 Å². The Bertz CT molecular complexity index is 245. The maximum absolute atomic E-state index is 9.68. The fourth-order valence-electron chi connectivity index (χ4n) is 1.56. The molecule has 112 valence electrons. The molecule has 0 saturated heterocycles. The van der Waals surface area contributed by atoms with Gasteiger partial charge in [0.15, 0.2) is 0 Å². The van der Waals surface area contributed by atoms with E-state index in [2.05, 4.69) is 20.8 Å². The van der Waals surface area contributed by atoms with Crippen molar-refractivity contribution in [3.8, 4) is 0 Å². The van der Waals surface area contributed by atoms with E-state index in [0.717, 1.165) is 5.92 Å². The number of unbranched alkanes of at least 4 members (excludes halogenated alkanes) is 1. The minimum atomic E-state index is -3.92. The van der Waals surface area contributed by atoms with Crippen molar-refractivity contribution in [2.24, 2.45) is 5.92 Å². The molecule has 0 aliphatic heterocycles. The fraction of sp³-hybridized carbons (Fsp3) is 1.00. The van der Waals surface area contributed by atoms with Gasteiger partial charge in [-0.05, 0) is 12.3 Å². The van der Waals surface area contributed by atoms with Crippen LogP contribution >= 0.6 is 0 Å². The maximum atomic E-state index is 9.68. The zero-order valence-electron chi connectivity index (χ0n) is 13.6. The molecule has 1 aliphatic rings. The van der Waals surface area contributed by atoms with Crippen LogP contribution in [-0.4, -0.2) is 18.7 Å². The Morgan fingerprint density at radius 3 is 1.47 bits per heavy atom. The number of rotatable bonds is 3. The molecular weight excluding hydrogens is 271 g/mol. The monoisotopic (exact) mass is 302 g/mol. The molecular formula is C14H31NaO3S. The first-order valence-electron chi connectivity index (χ1n) is 7.30. The van der Waals surface area contributed by atoms with Crippen LogP contribution in [0.3, 0.4) is 0 Å². The molecule has 19 heavy (non-hydrogen) atoms. The molecule has 5 heteroatoms. The molecule has 0 radical (unpaired) electrons. The van der Waals surface area contributed by atoms with Crippen molar-refractivity contribution in [1.29, 1.82) is 0 Å². The average Bonchev–Trinajstić information content (AvgIpc) is 2.30. The molecule has 1 rings (SSSR count). The van der Waals surface area contributed by atoms with E-state index in [1.807, 2.05) is 0 Å². The van der Waals surface area contributed by atoms with Gasteiger partial charge in [-0.25, -0.2) is 8.42 Å². The van der Waals surface area contributed by atoms with Crippen molar-refractivity contribution < 1.29 is 42.5 Å². The predicted octanol–water partition coefficient (Wildman–Crippen LogP) is 1.34. The zero-order valence-corrected chi connectivity index (χ0v) is 16.4. The fourth-order valence-corrected chi connectivity index (χ4v) is 2.06. The molecule has 0 heterocycles. The van der Waals surface area contributed by atoms with Gasteiger partial charge in [0.25, 0.3) is 0 Å². The second-order valence-electron chi connectivity index (χ2n) is 5.00. The van der Waals surface area contributed by atoms with E-state index < -0.39 is 10.1 Å². The first kappa shape index (κ1) is 24.9. The topological polar surface area (TPSA) is 57.2 Å². The van der Waals surface area contributed by atoms with Crippen molar-refractivity contribution in [3.63, 3.8) is 0 Å². The molecule has 0 spiro atoms. The van der Waals surface area contributed by atoms with Crippen LogP contribution in [0.25, 0.3) is 0 Å². The Hall–Kier alpha value is 0.910. The van der Waals surface area contributed by atoms with Gasteiger partial charge in [0, 0.05) is 5.75 Å². The second kappa shape index (κ2) is 17.0. The van der Waals surface area contributed by atoms with Crippen molar-refractivity contribution in [2.75, 3.05) is 5.75 Å². The Kier molecular flexibility index (Phi) is 22.2. The molecule has 0 N–H and O–H groups in total. The van der Waals surface area contributed by atoms with Gasteiger partial charge in [-0.3, -0.25) is 0 Å². The summed E-state index contributed by atoms with van der Waals surface area (Å²) >= 11 is 0. The summed E-state index contributed by atoms with van der Waals surface area (Å²) in [6.07, 6.45) is 10.5. The standard InChI is InChI=1S/C7H14.C4H10.C3H8O3S.Na/c1-7-5-3-2-4-6-7;1-3-4-2;1-2-3-7(4,5)6;/h7H,2-6H2,1H3;3-4H2,1-2H3;2-3H2,1H3,(H,4,5,6);/q;;;+1/p-1. The van der Waals surface area contributed by atoms with Gasteiger partial charge < -0.3 is 4.55 Å². The van der Waals surface area contributed by atoms with Crippen LogP contribution in [0.5, 0.6) is 0 Å². The van der Waals surface area contributed by atoms with Crippen LogP contribution in [0.4, 0.5) is 0 Å². The molecule has 0 amide bonds. The maximum Gasteiger partial charge on any atom is 1.00 e. The van der Waals surface area contributed by atoms with E-state index in [-0.39, 0.29) is 35.3 Å². The normalized spacial score (nSPS) is 15.2. The molecule has 1 saturated carbocycles. The van der Waals surface area contributed by atoms with Crippen molar-refractivity contribution in [2.45, 2.75) is 79.1 Å². The Balaban J connectivity index is -0.000000205. The van der Waals surface area contributed by atoms with Crippen LogP contribution in [0.15, 0.2) is 0 Å². The van der Waals surface area contributed by atoms with E-state index in [4.69, 9.17) is 0 Å². The van der Waals surface area contributed by atoms with Crippen LogP contribution < -0.4 is 29.6 Å². The SMILES string of the molecule is CC1CCCCC1.CCCC.CCCS(=O)(=O)[O-].[Na+]. The van der Waals surface area contributed by atoms with E-state index in [0.29, 0.717) is 6.42 Å². The van der Waals surface area contributed by atoms with Gasteiger partial charge >= 0.3 is 29.6 Å². The molecule has 0 aromatic carbocycles. The molecule has 0 atom stereocenters. The van der Waals surface area contributed by atoms with E-state index in [1.54, 1.807) is 6.92 Å². The third-order valence-electron chi connectivity index (χ3n) is 2.85. The first-order chi connectivity index (χ1) is 8.37. The first-order valence-corrected chi connectivity index (χ1v) is 8.88. The number of hydrogen-bond acceptors (Lipinski definition) is 3. The van der Waals surface area contributed by atoms with Gasteiger partial charge in [-0.2, -0.15) is 0 Å². The summed E-state index contributed by atoms with van der Waals surface area (Å²) in [6, 6.07) is 0. The van der Waals surface area contributed by atoms with E-state index >= 15 is 0 Å². The summed E-state index contributed by atoms with van der Waals surface area (Å²) < 4.78 is 29.0. The predicted molar refractivity (Wildman–Crippen MR) is 77.7 cm³/mol. The average molecular weight is 302 g/mol. The van der Waals surface area contributed by atoms with Gasteiger partial charge in [-0.15, -0.1) is 0 Å². The summed E-state index contributed by atoms with van der Waals surface area (Å²) in [5, 5.41) is 0. The summed E-state index contributed by atoms with van der Waals surface area (Å²) in [4.78, 5) is 0. The van der Waals surface area contributed by atoms with Crippen molar-refractivity contribution in [1.82, 2.24) is 0 Å². The minimum absolute atomic E-state index is 0. The summed E-state index contributed by atoms with van der Waals surface area (Å²) in [7, 11) is -3.92. The Morgan fingerprint density at radius 1 is 0.947 bits per heavy atom. The summed E-state index contributed by atoms with van der Waals surface area (Å²) in [6.45, 7) is 8.37. The summed E-state index contributed by atoms with van der Waals surface area (Å²) in [5.41, 5.74) is 0. The smallest absolute Gasteiger partial charge is 0.748 e. The van der Waals surface area contributed by atoms with Crippen LogP contribution in [0.1, 0.15) is 79.1 Å². The quantitative estimate of drug-likeness (QED) is 0.584. The van der Waals surface area contributed by atoms with E-state index in [9.17, 15) is 13.0 Å². The van der Waals surface area contributed by atoms with Crippen LogP contribution in [-0.2, 0) is 10.1 Å². The number of hydrogen-bond donors (Lipinski definition) is 0. The zero-order chi connectivity index (χ0) is 14.4.